The molecule has 0 aromatic rings. The lowest BCUT2D eigenvalue weighted by Gasteiger charge is -2.09. The number of hydrogen-bond donors (Lipinski definition) is 3. The largest absolute Gasteiger partial charge is 0.409 e. The Kier molecular flexibility index (Phi) is 2.75. The number of rotatable bonds is 3. The number of nitrogens with two attached hydrogens (primary N) is 1. The van der Waals surface area contributed by atoms with E-state index in [1.807, 2.05) is 0 Å². The van der Waals surface area contributed by atoms with Gasteiger partial charge in [0, 0.05) is 6.04 Å². The molecule has 3 unspecified atom stereocenters. The SMILES string of the molecule is CC(C(=O)NC1CC1C)/C(N)=N/O. The Balaban J connectivity index is 2.39. The van der Waals surface area contributed by atoms with E-state index in [1.165, 1.54) is 0 Å². The van der Waals surface area contributed by atoms with Crippen molar-refractivity contribution >= 4 is 11.7 Å². The number of oxime groups is 1. The predicted octanol–water partition coefficient (Wildman–Crippen LogP) is -0.106. The molecular formula is C8H15N3O2. The second-order valence-corrected chi connectivity index (χ2v) is 3.57. The molecule has 4 N–H and O–H groups in total. The number of carbonyl (C=O) groups is 1. The molecule has 0 heterocycles. The number of carbonyl (C=O) groups excluding carboxylic acids is 1. The molecular weight excluding hydrogens is 170 g/mol. The Labute approximate surface area is 77.0 Å². The molecule has 0 aromatic carbocycles. The molecule has 1 amide bonds. The quantitative estimate of drug-likeness (QED) is 0.248. The molecule has 74 valence electrons. The van der Waals surface area contributed by atoms with Crippen molar-refractivity contribution in [2.75, 3.05) is 0 Å². The van der Waals surface area contributed by atoms with Gasteiger partial charge in [-0.3, -0.25) is 4.79 Å². The maximum Gasteiger partial charge on any atom is 0.230 e. The number of nitrogens with one attached hydrogen (secondary N) is 1. The van der Waals surface area contributed by atoms with Crippen LogP contribution in [0.25, 0.3) is 0 Å². The Hall–Kier alpha value is -1.26. The molecule has 1 saturated carbocycles. The molecule has 1 fully saturated rings. The predicted molar refractivity (Wildman–Crippen MR) is 48.3 cm³/mol. The maximum atomic E-state index is 11.4. The van der Waals surface area contributed by atoms with Crippen LogP contribution >= 0.6 is 0 Å². The minimum Gasteiger partial charge on any atom is -0.409 e. The Bertz CT molecular complexity index is 240. The fraction of sp³-hybridized carbons (Fsp3) is 0.750. The molecule has 0 bridgehead atoms. The van der Waals surface area contributed by atoms with Gasteiger partial charge in [-0.25, -0.2) is 0 Å². The van der Waals surface area contributed by atoms with E-state index >= 15 is 0 Å². The summed E-state index contributed by atoms with van der Waals surface area (Å²) < 4.78 is 0. The highest BCUT2D eigenvalue weighted by atomic mass is 16.4. The first-order chi connectivity index (χ1) is 6.06. The van der Waals surface area contributed by atoms with Gasteiger partial charge in [-0.2, -0.15) is 0 Å². The van der Waals surface area contributed by atoms with Gasteiger partial charge < -0.3 is 16.3 Å². The Morgan fingerprint density at radius 2 is 2.31 bits per heavy atom. The average Bonchev–Trinajstić information content (AvgIpc) is 2.79. The minimum atomic E-state index is -0.558. The summed E-state index contributed by atoms with van der Waals surface area (Å²) in [6.45, 7) is 3.68. The molecule has 1 rings (SSSR count). The second kappa shape index (κ2) is 3.64. The summed E-state index contributed by atoms with van der Waals surface area (Å²) in [6, 6.07) is 0.279. The third-order valence-electron chi connectivity index (χ3n) is 2.39. The zero-order chi connectivity index (χ0) is 10.0. The van der Waals surface area contributed by atoms with Gasteiger partial charge in [0.25, 0.3) is 0 Å². The van der Waals surface area contributed by atoms with E-state index in [0.717, 1.165) is 6.42 Å². The monoisotopic (exact) mass is 185 g/mol. The molecule has 0 saturated heterocycles. The van der Waals surface area contributed by atoms with Crippen LogP contribution in [0.2, 0.25) is 0 Å². The van der Waals surface area contributed by atoms with E-state index in [0.29, 0.717) is 5.92 Å². The van der Waals surface area contributed by atoms with Gasteiger partial charge in [-0.15, -0.1) is 0 Å². The van der Waals surface area contributed by atoms with E-state index in [2.05, 4.69) is 17.4 Å². The molecule has 5 heteroatoms. The highest BCUT2D eigenvalue weighted by molar-refractivity contribution is 6.01. The lowest BCUT2D eigenvalue weighted by molar-refractivity contribution is -0.122. The number of hydrogen-bond acceptors (Lipinski definition) is 3. The van der Waals surface area contributed by atoms with E-state index in [9.17, 15) is 4.79 Å². The zero-order valence-electron chi connectivity index (χ0n) is 7.82. The summed E-state index contributed by atoms with van der Waals surface area (Å²) in [6.07, 6.45) is 1.02. The molecule has 3 atom stereocenters. The number of amides is 1. The van der Waals surface area contributed by atoms with Crippen molar-refractivity contribution in [1.82, 2.24) is 5.32 Å². The molecule has 13 heavy (non-hydrogen) atoms. The molecule has 1 aliphatic carbocycles. The first-order valence-corrected chi connectivity index (χ1v) is 4.34. The van der Waals surface area contributed by atoms with Crippen LogP contribution in [-0.4, -0.2) is 23.0 Å². The van der Waals surface area contributed by atoms with Crippen molar-refractivity contribution in [2.24, 2.45) is 22.7 Å². The molecule has 0 aromatic heterocycles. The third kappa shape index (κ3) is 2.34. The van der Waals surface area contributed by atoms with Crippen LogP contribution in [0.1, 0.15) is 20.3 Å². The van der Waals surface area contributed by atoms with Crippen LogP contribution in [0.5, 0.6) is 0 Å². The Morgan fingerprint density at radius 3 is 2.69 bits per heavy atom. The van der Waals surface area contributed by atoms with Crippen molar-refractivity contribution in [3.63, 3.8) is 0 Å². The summed E-state index contributed by atoms with van der Waals surface area (Å²) in [4.78, 5) is 11.4. The van der Waals surface area contributed by atoms with E-state index in [-0.39, 0.29) is 17.8 Å². The van der Waals surface area contributed by atoms with Gasteiger partial charge in [-0.1, -0.05) is 12.1 Å². The van der Waals surface area contributed by atoms with Crippen molar-refractivity contribution < 1.29 is 10.0 Å². The van der Waals surface area contributed by atoms with Crippen LogP contribution in [-0.2, 0) is 4.79 Å². The molecule has 5 nitrogen and oxygen atoms in total. The fourth-order valence-electron chi connectivity index (χ4n) is 1.05. The van der Waals surface area contributed by atoms with Crippen molar-refractivity contribution in [2.45, 2.75) is 26.3 Å². The van der Waals surface area contributed by atoms with Crippen LogP contribution in [0.4, 0.5) is 0 Å². The molecule has 0 spiro atoms. The topological polar surface area (TPSA) is 87.7 Å². The van der Waals surface area contributed by atoms with Gasteiger partial charge >= 0.3 is 0 Å². The number of nitrogens with zero attached hydrogens (tertiary/aromatic N) is 1. The van der Waals surface area contributed by atoms with E-state index in [4.69, 9.17) is 10.9 Å². The Morgan fingerprint density at radius 1 is 1.77 bits per heavy atom. The lowest BCUT2D eigenvalue weighted by Crippen LogP contribution is -2.38. The minimum absolute atomic E-state index is 0.0502. The van der Waals surface area contributed by atoms with Gasteiger partial charge in [0.1, 0.15) is 0 Å². The second-order valence-electron chi connectivity index (χ2n) is 3.57. The highest BCUT2D eigenvalue weighted by Gasteiger charge is 2.35. The van der Waals surface area contributed by atoms with Crippen molar-refractivity contribution in [3.8, 4) is 0 Å². The van der Waals surface area contributed by atoms with E-state index in [1.54, 1.807) is 6.92 Å². The normalized spacial score (nSPS) is 29.5. The molecule has 0 aliphatic heterocycles. The lowest BCUT2D eigenvalue weighted by atomic mass is 10.1. The fourth-order valence-corrected chi connectivity index (χ4v) is 1.05. The van der Waals surface area contributed by atoms with Crippen LogP contribution in [0.15, 0.2) is 5.16 Å². The van der Waals surface area contributed by atoms with Crippen molar-refractivity contribution in [1.29, 1.82) is 0 Å². The van der Waals surface area contributed by atoms with Crippen molar-refractivity contribution in [3.05, 3.63) is 0 Å². The standard InChI is InChI=1S/C8H15N3O2/c1-4-3-6(4)10-8(12)5(2)7(9)11-13/h4-6,13H,3H2,1-2H3,(H2,9,11)(H,10,12). The molecule has 0 radical (unpaired) electrons. The summed E-state index contributed by atoms with van der Waals surface area (Å²) in [5, 5.41) is 13.9. The van der Waals surface area contributed by atoms with Gasteiger partial charge in [0.05, 0.1) is 5.92 Å². The highest BCUT2D eigenvalue weighted by Crippen LogP contribution is 2.29. The van der Waals surface area contributed by atoms with Gasteiger partial charge in [-0.05, 0) is 19.3 Å². The number of amidine groups is 1. The maximum absolute atomic E-state index is 11.4. The van der Waals surface area contributed by atoms with E-state index < -0.39 is 5.92 Å². The van der Waals surface area contributed by atoms with Crippen LogP contribution in [0, 0.1) is 11.8 Å². The third-order valence-corrected chi connectivity index (χ3v) is 2.39. The zero-order valence-corrected chi connectivity index (χ0v) is 7.82. The average molecular weight is 185 g/mol. The summed E-state index contributed by atoms with van der Waals surface area (Å²) in [7, 11) is 0. The summed E-state index contributed by atoms with van der Waals surface area (Å²) >= 11 is 0. The first-order valence-electron chi connectivity index (χ1n) is 4.34. The van der Waals surface area contributed by atoms with Gasteiger partial charge in [0.2, 0.25) is 5.91 Å². The summed E-state index contributed by atoms with van der Waals surface area (Å²) in [5.74, 6) is -0.225. The smallest absolute Gasteiger partial charge is 0.230 e. The summed E-state index contributed by atoms with van der Waals surface area (Å²) in [5.41, 5.74) is 5.29. The first kappa shape index (κ1) is 9.83. The van der Waals surface area contributed by atoms with Crippen LogP contribution in [0.3, 0.4) is 0 Å². The van der Waals surface area contributed by atoms with Gasteiger partial charge in [0.15, 0.2) is 5.84 Å². The van der Waals surface area contributed by atoms with Crippen LogP contribution < -0.4 is 11.1 Å². The molecule has 1 aliphatic rings.